The van der Waals surface area contributed by atoms with Gasteiger partial charge in [0.25, 0.3) is 5.78 Å². The monoisotopic (exact) mass is 503 g/mol. The SMILES string of the molecule is CCCCOc1ccc(C2/C(=C(\O)c3c(C)nc4ccccn34)C(=O)C(=O)N2c2nnc(C)s2)cc1. The van der Waals surface area contributed by atoms with Crippen LogP contribution in [0.1, 0.15) is 47.8 Å². The summed E-state index contributed by atoms with van der Waals surface area (Å²) >= 11 is 1.21. The van der Waals surface area contributed by atoms with Gasteiger partial charge in [-0.05, 0) is 50.1 Å². The highest BCUT2D eigenvalue weighted by Gasteiger charge is 2.48. The standard InChI is InChI=1S/C26H25N5O4S/c1-4-5-14-35-18-11-9-17(10-12-18)22-20(24(33)25(34)31(22)26-29-28-16(3)36-26)23(32)21-15(2)27-19-8-6-7-13-30(19)21/h6-13,22,32H,4-5,14H2,1-3H3/b23-20+. The van der Waals surface area contributed by atoms with Crippen molar-refractivity contribution in [2.75, 3.05) is 11.5 Å². The largest absolute Gasteiger partial charge is 0.505 e. The number of fused-ring (bicyclic) bond motifs is 1. The molecule has 1 atom stereocenters. The number of amides is 1. The fourth-order valence-corrected chi connectivity index (χ4v) is 5.05. The number of hydrogen-bond donors (Lipinski definition) is 1. The first kappa shape index (κ1) is 23.7. The first-order valence-electron chi connectivity index (χ1n) is 11.7. The van der Waals surface area contributed by atoms with E-state index in [2.05, 4.69) is 22.1 Å². The van der Waals surface area contributed by atoms with Crippen molar-refractivity contribution in [2.45, 2.75) is 39.7 Å². The van der Waals surface area contributed by atoms with Gasteiger partial charge in [0.1, 0.15) is 22.1 Å². The lowest BCUT2D eigenvalue weighted by molar-refractivity contribution is -0.132. The molecule has 9 nitrogen and oxygen atoms in total. The number of aryl methyl sites for hydroxylation is 2. The molecule has 184 valence electrons. The Morgan fingerprint density at radius 2 is 1.89 bits per heavy atom. The number of unbranched alkanes of at least 4 members (excludes halogenated alkanes) is 1. The highest BCUT2D eigenvalue weighted by Crippen LogP contribution is 2.43. The minimum atomic E-state index is -0.893. The number of nitrogens with zero attached hydrogens (tertiary/aromatic N) is 5. The molecule has 1 aliphatic rings. The van der Waals surface area contributed by atoms with E-state index in [-0.39, 0.29) is 16.5 Å². The van der Waals surface area contributed by atoms with Crippen LogP contribution in [0.4, 0.5) is 5.13 Å². The van der Waals surface area contributed by atoms with E-state index < -0.39 is 17.7 Å². The molecule has 0 aliphatic carbocycles. The lowest BCUT2D eigenvalue weighted by Crippen LogP contribution is -2.29. The predicted molar refractivity (Wildman–Crippen MR) is 136 cm³/mol. The number of benzene rings is 1. The van der Waals surface area contributed by atoms with E-state index in [1.54, 1.807) is 54.8 Å². The van der Waals surface area contributed by atoms with Crippen LogP contribution in [-0.4, -0.2) is 43.0 Å². The number of aliphatic hydroxyl groups is 1. The minimum Gasteiger partial charge on any atom is -0.505 e. The molecule has 5 rings (SSSR count). The highest BCUT2D eigenvalue weighted by atomic mass is 32.1. The van der Waals surface area contributed by atoms with E-state index >= 15 is 0 Å². The van der Waals surface area contributed by atoms with Gasteiger partial charge in [-0.15, -0.1) is 10.2 Å². The summed E-state index contributed by atoms with van der Waals surface area (Å²) in [6, 6.07) is 11.8. The van der Waals surface area contributed by atoms with Crippen LogP contribution in [0.5, 0.6) is 5.75 Å². The van der Waals surface area contributed by atoms with Crippen LogP contribution in [0.3, 0.4) is 0 Å². The third kappa shape index (κ3) is 4.03. The van der Waals surface area contributed by atoms with Crippen LogP contribution in [0.25, 0.3) is 11.4 Å². The van der Waals surface area contributed by atoms with Crippen molar-refractivity contribution in [3.05, 3.63) is 76.2 Å². The van der Waals surface area contributed by atoms with Crippen LogP contribution in [0.15, 0.2) is 54.2 Å². The summed E-state index contributed by atoms with van der Waals surface area (Å²) in [5.74, 6) is -1.17. The predicted octanol–water partition coefficient (Wildman–Crippen LogP) is 4.61. The van der Waals surface area contributed by atoms with Crippen molar-refractivity contribution in [3.8, 4) is 5.75 Å². The Labute approximate surface area is 211 Å². The minimum absolute atomic E-state index is 0.0266. The summed E-state index contributed by atoms with van der Waals surface area (Å²) in [7, 11) is 0. The van der Waals surface area contributed by atoms with E-state index in [1.165, 1.54) is 16.2 Å². The zero-order chi connectivity index (χ0) is 25.4. The topological polar surface area (TPSA) is 110 Å². The molecule has 1 fully saturated rings. The molecule has 0 saturated carbocycles. The Bertz CT molecular complexity index is 1490. The Balaban J connectivity index is 1.67. The molecule has 1 saturated heterocycles. The number of Topliss-reactive ketones (excluding diaryl/α,β-unsaturated/α-hetero) is 1. The fourth-order valence-electron chi connectivity index (χ4n) is 4.34. The lowest BCUT2D eigenvalue weighted by atomic mass is 9.96. The zero-order valence-corrected chi connectivity index (χ0v) is 21.0. The third-order valence-electron chi connectivity index (χ3n) is 6.06. The molecular formula is C26H25N5O4S. The van der Waals surface area contributed by atoms with E-state index in [0.29, 0.717) is 40.0 Å². The normalized spacial score (nSPS) is 17.3. The highest BCUT2D eigenvalue weighted by molar-refractivity contribution is 7.15. The number of ether oxygens (including phenoxy) is 1. The summed E-state index contributed by atoms with van der Waals surface area (Å²) in [5, 5.41) is 20.6. The number of imidazole rings is 1. The van der Waals surface area contributed by atoms with Crippen molar-refractivity contribution < 1.29 is 19.4 Å². The van der Waals surface area contributed by atoms with Gasteiger partial charge in [-0.3, -0.25) is 18.9 Å². The third-order valence-corrected chi connectivity index (χ3v) is 6.89. The molecule has 1 amide bonds. The molecule has 0 spiro atoms. The van der Waals surface area contributed by atoms with E-state index in [0.717, 1.165) is 12.8 Å². The second kappa shape index (κ2) is 9.54. The number of pyridine rings is 1. The number of aliphatic hydroxyl groups excluding tert-OH is 1. The van der Waals surface area contributed by atoms with Crippen molar-refractivity contribution in [1.82, 2.24) is 19.6 Å². The van der Waals surface area contributed by atoms with Gasteiger partial charge in [-0.1, -0.05) is 42.9 Å². The second-order valence-electron chi connectivity index (χ2n) is 8.52. The smallest absolute Gasteiger partial charge is 0.301 e. The van der Waals surface area contributed by atoms with E-state index in [4.69, 9.17) is 4.74 Å². The Morgan fingerprint density at radius 1 is 1.11 bits per heavy atom. The van der Waals surface area contributed by atoms with Crippen LogP contribution in [-0.2, 0) is 9.59 Å². The van der Waals surface area contributed by atoms with Gasteiger partial charge < -0.3 is 9.84 Å². The number of carbonyl (C=O) groups excluding carboxylic acids is 2. The Kier molecular flexibility index (Phi) is 6.27. The molecule has 1 aromatic carbocycles. The molecule has 1 aliphatic heterocycles. The fraction of sp³-hybridized carbons (Fsp3) is 0.269. The quantitative estimate of drug-likeness (QED) is 0.170. The molecule has 3 aromatic heterocycles. The number of ketones is 1. The summed E-state index contributed by atoms with van der Waals surface area (Å²) in [6.45, 7) is 6.22. The molecule has 0 bridgehead atoms. The molecule has 4 heterocycles. The molecule has 1 N–H and O–H groups in total. The first-order chi connectivity index (χ1) is 17.4. The maximum atomic E-state index is 13.4. The summed E-state index contributed by atoms with van der Waals surface area (Å²) < 4.78 is 7.48. The average Bonchev–Trinajstić information content (AvgIpc) is 3.52. The van der Waals surface area contributed by atoms with Gasteiger partial charge in [-0.2, -0.15) is 0 Å². The average molecular weight is 504 g/mol. The summed E-state index contributed by atoms with van der Waals surface area (Å²) in [6.07, 6.45) is 3.72. The van der Waals surface area contributed by atoms with Crippen molar-refractivity contribution in [1.29, 1.82) is 0 Å². The summed E-state index contributed by atoms with van der Waals surface area (Å²) in [4.78, 5) is 32.5. The maximum Gasteiger partial charge on any atom is 0.301 e. The Morgan fingerprint density at radius 3 is 2.58 bits per heavy atom. The summed E-state index contributed by atoms with van der Waals surface area (Å²) in [5.41, 5.74) is 2.13. The molecular weight excluding hydrogens is 478 g/mol. The van der Waals surface area contributed by atoms with Crippen LogP contribution >= 0.6 is 11.3 Å². The van der Waals surface area contributed by atoms with Crippen LogP contribution < -0.4 is 9.64 Å². The van der Waals surface area contributed by atoms with Gasteiger partial charge in [0.05, 0.1) is 23.9 Å². The van der Waals surface area contributed by atoms with Crippen molar-refractivity contribution >= 4 is 39.6 Å². The van der Waals surface area contributed by atoms with Crippen LogP contribution in [0, 0.1) is 13.8 Å². The molecule has 0 radical (unpaired) electrons. The van der Waals surface area contributed by atoms with E-state index in [1.807, 2.05) is 12.1 Å². The van der Waals surface area contributed by atoms with Gasteiger partial charge in [0.15, 0.2) is 5.76 Å². The maximum absolute atomic E-state index is 13.4. The molecule has 36 heavy (non-hydrogen) atoms. The van der Waals surface area contributed by atoms with E-state index in [9.17, 15) is 14.7 Å². The number of rotatable bonds is 7. The van der Waals surface area contributed by atoms with Gasteiger partial charge in [0.2, 0.25) is 5.13 Å². The number of hydrogen-bond acceptors (Lipinski definition) is 8. The molecule has 1 unspecified atom stereocenters. The lowest BCUT2D eigenvalue weighted by Gasteiger charge is -2.22. The first-order valence-corrected chi connectivity index (χ1v) is 12.5. The van der Waals surface area contributed by atoms with Gasteiger partial charge >= 0.3 is 5.91 Å². The number of anilines is 1. The van der Waals surface area contributed by atoms with Crippen molar-refractivity contribution in [3.63, 3.8) is 0 Å². The number of carbonyl (C=O) groups is 2. The molecule has 4 aromatic rings. The molecule has 10 heteroatoms. The van der Waals surface area contributed by atoms with Gasteiger partial charge in [-0.25, -0.2) is 4.98 Å². The number of aromatic nitrogens is 4. The van der Waals surface area contributed by atoms with Crippen LogP contribution in [0.2, 0.25) is 0 Å². The van der Waals surface area contributed by atoms with Crippen molar-refractivity contribution in [2.24, 2.45) is 0 Å². The zero-order valence-electron chi connectivity index (χ0n) is 20.1. The Hall–Kier alpha value is -4.05. The second-order valence-corrected chi connectivity index (χ2v) is 9.68. The van der Waals surface area contributed by atoms with Gasteiger partial charge in [0, 0.05) is 6.20 Å².